The second-order valence-electron chi connectivity index (χ2n) is 5.91. The summed E-state index contributed by atoms with van der Waals surface area (Å²) in [7, 11) is 0. The van der Waals surface area contributed by atoms with E-state index in [0.29, 0.717) is 27.0 Å². The van der Waals surface area contributed by atoms with Gasteiger partial charge in [0, 0.05) is 28.0 Å². The summed E-state index contributed by atoms with van der Waals surface area (Å²) in [4.78, 5) is 28.3. The summed E-state index contributed by atoms with van der Waals surface area (Å²) in [6, 6.07) is 14.6. The molecule has 0 spiro atoms. The molecule has 9 heteroatoms. The van der Waals surface area contributed by atoms with Crippen molar-refractivity contribution in [1.29, 1.82) is 0 Å². The van der Waals surface area contributed by atoms with Crippen LogP contribution < -0.4 is 15.5 Å². The predicted octanol–water partition coefficient (Wildman–Crippen LogP) is 4.95. The van der Waals surface area contributed by atoms with E-state index in [1.54, 1.807) is 54.6 Å². The van der Waals surface area contributed by atoms with E-state index in [1.165, 1.54) is 17.8 Å². The Morgan fingerprint density at radius 2 is 1.77 bits per heavy atom. The van der Waals surface area contributed by atoms with Crippen LogP contribution in [0.4, 0.5) is 5.69 Å². The molecule has 3 N–H and O–H groups in total. The lowest BCUT2D eigenvalue weighted by Gasteiger charge is -2.12. The van der Waals surface area contributed by atoms with Crippen molar-refractivity contribution in [3.8, 4) is 11.6 Å². The van der Waals surface area contributed by atoms with Crippen molar-refractivity contribution < 1.29 is 19.5 Å². The van der Waals surface area contributed by atoms with Crippen LogP contribution in [-0.2, 0) is 4.79 Å². The first-order valence-corrected chi connectivity index (χ1v) is 9.33. The largest absolute Gasteiger partial charge is 0.438 e. The molecule has 1 heterocycles. The van der Waals surface area contributed by atoms with E-state index in [0.717, 1.165) is 6.08 Å². The van der Waals surface area contributed by atoms with Crippen LogP contribution in [0.1, 0.15) is 15.9 Å². The van der Waals surface area contributed by atoms with Crippen LogP contribution in [0.3, 0.4) is 0 Å². The van der Waals surface area contributed by atoms with Crippen LogP contribution >= 0.6 is 23.2 Å². The van der Waals surface area contributed by atoms with Crippen LogP contribution in [-0.4, -0.2) is 22.0 Å². The van der Waals surface area contributed by atoms with Gasteiger partial charge in [-0.05, 0) is 66.2 Å². The zero-order valence-electron chi connectivity index (χ0n) is 15.3. The van der Waals surface area contributed by atoms with Gasteiger partial charge in [0.05, 0.1) is 0 Å². The van der Waals surface area contributed by atoms with Crippen LogP contribution in [0, 0.1) is 0 Å². The number of aromatic nitrogens is 1. The molecule has 0 aliphatic rings. The minimum atomic E-state index is -0.724. The second kappa shape index (κ2) is 9.89. The molecule has 0 bridgehead atoms. The van der Waals surface area contributed by atoms with E-state index >= 15 is 0 Å². The molecule has 152 valence electrons. The molecule has 2 amide bonds. The Hall–Kier alpha value is -3.39. The molecule has 1 aromatic heterocycles. The Bertz CT molecular complexity index is 1100. The predicted molar refractivity (Wildman–Crippen MR) is 114 cm³/mol. The van der Waals surface area contributed by atoms with Gasteiger partial charge in [-0.25, -0.2) is 10.5 Å². The number of hydrogen-bond acceptors (Lipinski definition) is 5. The zero-order valence-corrected chi connectivity index (χ0v) is 16.8. The molecule has 0 fully saturated rings. The van der Waals surface area contributed by atoms with E-state index in [9.17, 15) is 9.59 Å². The van der Waals surface area contributed by atoms with Gasteiger partial charge in [0.15, 0.2) is 0 Å². The fourth-order valence-electron chi connectivity index (χ4n) is 2.44. The van der Waals surface area contributed by atoms with Gasteiger partial charge in [-0.15, -0.1) is 0 Å². The van der Waals surface area contributed by atoms with Crippen molar-refractivity contribution >= 4 is 46.8 Å². The lowest BCUT2D eigenvalue weighted by atomic mass is 10.1. The number of nitrogens with one attached hydrogen (secondary N) is 2. The normalized spacial score (nSPS) is 10.6. The number of rotatable bonds is 6. The summed E-state index contributed by atoms with van der Waals surface area (Å²) < 4.78 is 5.72. The summed E-state index contributed by atoms with van der Waals surface area (Å²) in [6.07, 6.45) is 4.01. The molecule has 30 heavy (non-hydrogen) atoms. The maximum Gasteiger partial charge on any atom is 0.267 e. The minimum absolute atomic E-state index is 0.114. The third kappa shape index (κ3) is 5.57. The Labute approximate surface area is 181 Å². The van der Waals surface area contributed by atoms with Crippen LogP contribution in [0.5, 0.6) is 11.6 Å². The van der Waals surface area contributed by atoms with E-state index in [4.69, 9.17) is 33.1 Å². The number of amides is 2. The maximum atomic E-state index is 12.9. The number of benzene rings is 2. The molecule has 0 unspecified atom stereocenters. The number of hydrogen-bond donors (Lipinski definition) is 3. The van der Waals surface area contributed by atoms with Crippen LogP contribution in [0.15, 0.2) is 66.9 Å². The number of pyridine rings is 1. The summed E-state index contributed by atoms with van der Waals surface area (Å²) >= 11 is 11.9. The quantitative estimate of drug-likeness (QED) is 0.284. The van der Waals surface area contributed by atoms with E-state index < -0.39 is 11.8 Å². The highest BCUT2D eigenvalue weighted by Gasteiger charge is 2.16. The lowest BCUT2D eigenvalue weighted by molar-refractivity contribution is -0.124. The average molecular weight is 444 g/mol. The number of anilines is 1. The highest BCUT2D eigenvalue weighted by molar-refractivity contribution is 6.31. The molecule has 0 saturated carbocycles. The second-order valence-corrected chi connectivity index (χ2v) is 6.78. The van der Waals surface area contributed by atoms with Crippen LogP contribution in [0.2, 0.25) is 10.0 Å². The number of ether oxygens (including phenoxy) is 1. The van der Waals surface area contributed by atoms with Crippen molar-refractivity contribution in [2.75, 3.05) is 5.32 Å². The SMILES string of the molecule is O=C(/C=C/c1cc(Cl)ccc1NC(=O)c1cccnc1Oc1ccc(Cl)cc1)NO. The monoisotopic (exact) mass is 443 g/mol. The summed E-state index contributed by atoms with van der Waals surface area (Å²) in [6.45, 7) is 0. The highest BCUT2D eigenvalue weighted by atomic mass is 35.5. The average Bonchev–Trinajstić information content (AvgIpc) is 2.75. The van der Waals surface area contributed by atoms with Crippen molar-refractivity contribution in [2.24, 2.45) is 0 Å². The van der Waals surface area contributed by atoms with Crippen molar-refractivity contribution in [3.05, 3.63) is 88.0 Å². The van der Waals surface area contributed by atoms with Gasteiger partial charge in [-0.2, -0.15) is 0 Å². The first-order chi connectivity index (χ1) is 14.5. The zero-order chi connectivity index (χ0) is 21.5. The van der Waals surface area contributed by atoms with Gasteiger partial charge in [-0.1, -0.05) is 23.2 Å². The number of halogens is 2. The van der Waals surface area contributed by atoms with E-state index in [2.05, 4.69) is 10.3 Å². The highest BCUT2D eigenvalue weighted by Crippen LogP contribution is 2.27. The molecule has 0 radical (unpaired) electrons. The third-order valence-electron chi connectivity index (χ3n) is 3.83. The maximum absolute atomic E-state index is 12.9. The van der Waals surface area contributed by atoms with Gasteiger partial charge in [0.1, 0.15) is 11.3 Å². The number of carbonyl (C=O) groups excluding carboxylic acids is 2. The summed E-state index contributed by atoms with van der Waals surface area (Å²) in [5, 5.41) is 12.3. The molecule has 0 atom stereocenters. The lowest BCUT2D eigenvalue weighted by Crippen LogP contribution is -2.15. The fourth-order valence-corrected chi connectivity index (χ4v) is 2.74. The molecule has 2 aromatic carbocycles. The van der Waals surface area contributed by atoms with Crippen LogP contribution in [0.25, 0.3) is 6.08 Å². The fraction of sp³-hybridized carbons (Fsp3) is 0. The number of nitrogens with zero attached hydrogens (tertiary/aromatic N) is 1. The molecule has 7 nitrogen and oxygen atoms in total. The van der Waals surface area contributed by atoms with Gasteiger partial charge in [0.25, 0.3) is 11.8 Å². The van der Waals surface area contributed by atoms with Gasteiger partial charge in [0.2, 0.25) is 5.88 Å². The summed E-state index contributed by atoms with van der Waals surface area (Å²) in [5.74, 6) is -0.617. The molecule has 3 rings (SSSR count). The third-order valence-corrected chi connectivity index (χ3v) is 4.32. The Morgan fingerprint density at radius 3 is 2.50 bits per heavy atom. The molecular weight excluding hydrogens is 429 g/mol. The molecular formula is C21H15Cl2N3O4. The van der Waals surface area contributed by atoms with E-state index in [1.807, 2.05) is 0 Å². The Balaban J connectivity index is 1.86. The minimum Gasteiger partial charge on any atom is -0.438 e. The number of carbonyl (C=O) groups is 2. The van der Waals surface area contributed by atoms with Crippen molar-refractivity contribution in [1.82, 2.24) is 10.5 Å². The van der Waals surface area contributed by atoms with Gasteiger partial charge >= 0.3 is 0 Å². The topological polar surface area (TPSA) is 101 Å². The molecule has 0 aliphatic carbocycles. The first-order valence-electron chi connectivity index (χ1n) is 8.58. The Kier molecular flexibility index (Phi) is 7.03. The number of hydroxylamine groups is 1. The van der Waals surface area contributed by atoms with E-state index in [-0.39, 0.29) is 11.4 Å². The Morgan fingerprint density at radius 1 is 1.03 bits per heavy atom. The first kappa shape index (κ1) is 21.3. The smallest absolute Gasteiger partial charge is 0.267 e. The molecule has 0 saturated heterocycles. The van der Waals surface area contributed by atoms with Crippen molar-refractivity contribution in [3.63, 3.8) is 0 Å². The van der Waals surface area contributed by atoms with Gasteiger partial charge in [-0.3, -0.25) is 14.8 Å². The van der Waals surface area contributed by atoms with Gasteiger partial charge < -0.3 is 10.1 Å². The standard InChI is InChI=1S/C21H15Cl2N3O4/c22-14-4-7-16(8-5-14)30-21-17(2-1-11-24-21)20(28)25-18-9-6-15(23)12-13(18)3-10-19(27)26-29/h1-12,29H,(H,25,28)(H,26,27)/b10-3+. The molecule has 3 aromatic rings. The van der Waals surface area contributed by atoms with Crippen molar-refractivity contribution in [2.45, 2.75) is 0 Å². The summed E-state index contributed by atoms with van der Waals surface area (Å²) in [5.41, 5.74) is 2.55. The molecule has 0 aliphatic heterocycles.